The SMILES string of the molecule is CCCCC/C=C\C/C=C\CCCCCCCC(=O)O[C@H]1CCN(C(=O)CCCCCN)C1. The van der Waals surface area contributed by atoms with Crippen molar-refractivity contribution in [2.75, 3.05) is 19.6 Å². The first-order chi connectivity index (χ1) is 16.2. The smallest absolute Gasteiger partial charge is 0.306 e. The minimum absolute atomic E-state index is 0.108. The van der Waals surface area contributed by atoms with E-state index in [4.69, 9.17) is 10.5 Å². The predicted molar refractivity (Wildman–Crippen MR) is 138 cm³/mol. The highest BCUT2D eigenvalue weighted by atomic mass is 16.5. The molecule has 1 atom stereocenters. The Morgan fingerprint density at radius 1 is 0.848 bits per heavy atom. The fraction of sp³-hybridized carbons (Fsp3) is 0.786. The van der Waals surface area contributed by atoms with E-state index in [1.807, 2.05) is 4.90 Å². The number of allylic oxidation sites excluding steroid dienone is 4. The van der Waals surface area contributed by atoms with Crippen LogP contribution in [0.4, 0.5) is 0 Å². The van der Waals surface area contributed by atoms with E-state index in [-0.39, 0.29) is 18.0 Å². The number of rotatable bonds is 20. The Hall–Kier alpha value is -1.62. The van der Waals surface area contributed by atoms with Crippen molar-refractivity contribution in [2.45, 2.75) is 122 Å². The highest BCUT2D eigenvalue weighted by molar-refractivity contribution is 5.76. The van der Waals surface area contributed by atoms with E-state index in [1.165, 1.54) is 44.9 Å². The second-order valence-corrected chi connectivity index (χ2v) is 9.32. The van der Waals surface area contributed by atoms with Gasteiger partial charge in [-0.1, -0.05) is 69.8 Å². The molecule has 1 heterocycles. The van der Waals surface area contributed by atoms with Crippen LogP contribution in [0.5, 0.6) is 0 Å². The van der Waals surface area contributed by atoms with Crippen molar-refractivity contribution in [3.8, 4) is 0 Å². The Morgan fingerprint density at radius 2 is 1.48 bits per heavy atom. The molecule has 5 nitrogen and oxygen atoms in total. The van der Waals surface area contributed by atoms with Crippen LogP contribution in [0.3, 0.4) is 0 Å². The van der Waals surface area contributed by atoms with E-state index in [0.29, 0.717) is 32.5 Å². The van der Waals surface area contributed by atoms with Crippen molar-refractivity contribution in [3.05, 3.63) is 24.3 Å². The summed E-state index contributed by atoms with van der Waals surface area (Å²) < 4.78 is 5.59. The Balaban J connectivity index is 1.94. The van der Waals surface area contributed by atoms with Crippen molar-refractivity contribution in [2.24, 2.45) is 5.73 Å². The monoisotopic (exact) mass is 462 g/mol. The van der Waals surface area contributed by atoms with Crippen molar-refractivity contribution < 1.29 is 14.3 Å². The number of amides is 1. The van der Waals surface area contributed by atoms with Gasteiger partial charge < -0.3 is 15.4 Å². The number of carbonyl (C=O) groups excluding carboxylic acids is 2. The average Bonchev–Trinajstić information content (AvgIpc) is 3.27. The van der Waals surface area contributed by atoms with Gasteiger partial charge in [0.05, 0.1) is 6.54 Å². The molecule has 0 aromatic carbocycles. The topological polar surface area (TPSA) is 72.6 Å². The van der Waals surface area contributed by atoms with E-state index in [2.05, 4.69) is 31.2 Å². The van der Waals surface area contributed by atoms with Crippen molar-refractivity contribution in [1.29, 1.82) is 0 Å². The molecule has 33 heavy (non-hydrogen) atoms. The van der Waals surface area contributed by atoms with Gasteiger partial charge in [-0.2, -0.15) is 0 Å². The summed E-state index contributed by atoms with van der Waals surface area (Å²) >= 11 is 0. The number of hydrogen-bond donors (Lipinski definition) is 1. The number of hydrogen-bond acceptors (Lipinski definition) is 4. The van der Waals surface area contributed by atoms with Crippen LogP contribution in [0, 0.1) is 0 Å². The lowest BCUT2D eigenvalue weighted by Gasteiger charge is -2.16. The molecule has 1 aliphatic rings. The summed E-state index contributed by atoms with van der Waals surface area (Å²) in [5.74, 6) is 0.0715. The molecular formula is C28H50N2O3. The van der Waals surface area contributed by atoms with Gasteiger partial charge >= 0.3 is 5.97 Å². The summed E-state index contributed by atoms with van der Waals surface area (Å²) in [4.78, 5) is 26.2. The first kappa shape index (κ1) is 29.4. The maximum atomic E-state index is 12.2. The molecule has 0 radical (unpaired) electrons. The van der Waals surface area contributed by atoms with Gasteiger partial charge in [-0.05, 0) is 57.9 Å². The molecule has 0 unspecified atom stereocenters. The molecule has 0 saturated carbocycles. The number of esters is 1. The van der Waals surface area contributed by atoms with Crippen LogP contribution in [-0.2, 0) is 14.3 Å². The van der Waals surface area contributed by atoms with Crippen molar-refractivity contribution >= 4 is 11.9 Å². The molecule has 0 aromatic rings. The van der Waals surface area contributed by atoms with E-state index < -0.39 is 0 Å². The second-order valence-electron chi connectivity index (χ2n) is 9.32. The van der Waals surface area contributed by atoms with E-state index in [0.717, 1.165) is 51.4 Å². The molecule has 0 aliphatic carbocycles. The van der Waals surface area contributed by atoms with Crippen LogP contribution in [0.1, 0.15) is 116 Å². The highest BCUT2D eigenvalue weighted by Gasteiger charge is 2.28. The van der Waals surface area contributed by atoms with Crippen LogP contribution in [-0.4, -0.2) is 42.5 Å². The number of nitrogens with two attached hydrogens (primary N) is 1. The van der Waals surface area contributed by atoms with Crippen LogP contribution >= 0.6 is 0 Å². The molecule has 0 bridgehead atoms. The minimum Gasteiger partial charge on any atom is -0.460 e. The van der Waals surface area contributed by atoms with Crippen molar-refractivity contribution in [1.82, 2.24) is 4.90 Å². The average molecular weight is 463 g/mol. The Bertz CT molecular complexity index is 559. The largest absolute Gasteiger partial charge is 0.460 e. The van der Waals surface area contributed by atoms with E-state index in [9.17, 15) is 9.59 Å². The summed E-state index contributed by atoms with van der Waals surface area (Å²) in [5, 5.41) is 0. The zero-order valence-electron chi connectivity index (χ0n) is 21.3. The van der Waals surface area contributed by atoms with Crippen LogP contribution in [0.15, 0.2) is 24.3 Å². The minimum atomic E-state index is -0.122. The van der Waals surface area contributed by atoms with Gasteiger partial charge in [0.2, 0.25) is 5.91 Å². The normalized spacial score (nSPS) is 16.3. The van der Waals surface area contributed by atoms with Crippen LogP contribution in [0.25, 0.3) is 0 Å². The van der Waals surface area contributed by atoms with Crippen molar-refractivity contribution in [3.63, 3.8) is 0 Å². The molecule has 0 aromatic heterocycles. The summed E-state index contributed by atoms with van der Waals surface area (Å²) in [6.07, 6.45) is 26.7. The van der Waals surface area contributed by atoms with Gasteiger partial charge in [0.25, 0.3) is 0 Å². The lowest BCUT2D eigenvalue weighted by molar-refractivity contribution is -0.149. The summed E-state index contributed by atoms with van der Waals surface area (Å²) in [7, 11) is 0. The van der Waals surface area contributed by atoms with E-state index in [1.54, 1.807) is 0 Å². The number of ether oxygens (including phenoxy) is 1. The summed E-state index contributed by atoms with van der Waals surface area (Å²) in [5.41, 5.74) is 5.49. The zero-order chi connectivity index (χ0) is 24.0. The fourth-order valence-electron chi connectivity index (χ4n) is 4.13. The van der Waals surface area contributed by atoms with Gasteiger partial charge in [0, 0.05) is 25.8 Å². The van der Waals surface area contributed by atoms with Gasteiger partial charge in [0.15, 0.2) is 0 Å². The van der Waals surface area contributed by atoms with Gasteiger partial charge in [-0.15, -0.1) is 0 Å². The van der Waals surface area contributed by atoms with Gasteiger partial charge in [-0.3, -0.25) is 9.59 Å². The zero-order valence-corrected chi connectivity index (χ0v) is 21.3. The third kappa shape index (κ3) is 16.6. The lowest BCUT2D eigenvalue weighted by atomic mass is 10.1. The predicted octanol–water partition coefficient (Wildman–Crippen LogP) is 6.46. The summed E-state index contributed by atoms with van der Waals surface area (Å²) in [6, 6.07) is 0. The van der Waals surface area contributed by atoms with Crippen LogP contribution in [0.2, 0.25) is 0 Å². The molecule has 1 fully saturated rings. The third-order valence-electron chi connectivity index (χ3n) is 6.22. The molecule has 0 spiro atoms. The highest BCUT2D eigenvalue weighted by Crippen LogP contribution is 2.17. The quantitative estimate of drug-likeness (QED) is 0.128. The maximum Gasteiger partial charge on any atom is 0.306 e. The Labute approximate surface area is 203 Å². The molecule has 1 rings (SSSR count). The number of carbonyl (C=O) groups is 2. The lowest BCUT2D eigenvalue weighted by Crippen LogP contribution is -2.30. The van der Waals surface area contributed by atoms with Gasteiger partial charge in [-0.25, -0.2) is 0 Å². The number of unbranched alkanes of at least 4 members (excludes halogenated alkanes) is 10. The maximum absolute atomic E-state index is 12.2. The Morgan fingerprint density at radius 3 is 2.21 bits per heavy atom. The molecule has 1 saturated heterocycles. The standard InChI is InChI=1S/C28H50N2O3/c1-2-3-4-5-6-7-8-9-10-11-12-13-14-15-18-21-28(32)33-26-22-24-30(25-26)27(31)20-17-16-19-23-29/h6-7,9-10,26H,2-5,8,11-25,29H2,1H3/b7-6-,10-9-/t26-/m0/s1. The second kappa shape index (κ2) is 20.9. The molecule has 5 heteroatoms. The molecule has 1 aliphatic heterocycles. The molecular weight excluding hydrogens is 412 g/mol. The third-order valence-corrected chi connectivity index (χ3v) is 6.22. The number of nitrogens with zero attached hydrogens (tertiary/aromatic N) is 1. The molecule has 1 amide bonds. The fourth-order valence-corrected chi connectivity index (χ4v) is 4.13. The first-order valence-electron chi connectivity index (χ1n) is 13.6. The number of likely N-dealkylation sites (tertiary alicyclic amines) is 1. The van der Waals surface area contributed by atoms with Gasteiger partial charge in [0.1, 0.15) is 6.10 Å². The van der Waals surface area contributed by atoms with Crippen LogP contribution < -0.4 is 5.73 Å². The van der Waals surface area contributed by atoms with E-state index >= 15 is 0 Å². The summed E-state index contributed by atoms with van der Waals surface area (Å²) in [6.45, 7) is 4.19. The molecule has 2 N–H and O–H groups in total. The first-order valence-corrected chi connectivity index (χ1v) is 13.6. The molecule has 190 valence electrons. The Kier molecular flexibility index (Phi) is 18.7.